The molecule has 1 aromatic rings. The van der Waals surface area contributed by atoms with Gasteiger partial charge in [-0.25, -0.2) is 0 Å². The minimum absolute atomic E-state index is 0.829. The van der Waals surface area contributed by atoms with Gasteiger partial charge in [0, 0.05) is 18.8 Å². The average Bonchev–Trinajstić information content (AvgIpc) is 2.53. The van der Waals surface area contributed by atoms with E-state index in [0.717, 1.165) is 18.8 Å². The maximum atomic E-state index is 5.62. The predicted molar refractivity (Wildman–Crippen MR) is 56.3 cm³/mol. The van der Waals surface area contributed by atoms with Gasteiger partial charge in [-0.15, -0.1) is 0 Å². The van der Waals surface area contributed by atoms with Gasteiger partial charge in [0.2, 0.25) is 0 Å². The average molecular weight is 174 g/mol. The van der Waals surface area contributed by atoms with Crippen LogP contribution in [0.25, 0.3) is 5.57 Å². The largest absolute Gasteiger partial charge is 0.399 e. The first-order valence-corrected chi connectivity index (χ1v) is 4.49. The molecule has 1 heterocycles. The zero-order valence-corrected chi connectivity index (χ0v) is 7.83. The fraction of sp³-hybridized carbons (Fsp3) is 0.273. The molecule has 2 nitrogen and oxygen atoms in total. The number of nitrogen functional groups attached to an aromatic ring is 1. The molecule has 68 valence electrons. The summed E-state index contributed by atoms with van der Waals surface area (Å²) in [4.78, 5) is 2.28. The molecule has 2 rings (SSSR count). The molecule has 1 aliphatic rings. The van der Waals surface area contributed by atoms with Crippen LogP contribution in [0.3, 0.4) is 0 Å². The van der Waals surface area contributed by atoms with Crippen LogP contribution in [0.1, 0.15) is 5.56 Å². The third-order valence-corrected chi connectivity index (χ3v) is 2.37. The molecule has 0 unspecified atom stereocenters. The fourth-order valence-electron chi connectivity index (χ4n) is 1.59. The van der Waals surface area contributed by atoms with E-state index in [0.29, 0.717) is 0 Å². The number of nitrogens with zero attached hydrogens (tertiary/aromatic N) is 1. The summed E-state index contributed by atoms with van der Waals surface area (Å²) in [6, 6.07) is 8.07. The Labute approximate surface area is 78.7 Å². The molecular weight excluding hydrogens is 160 g/mol. The van der Waals surface area contributed by atoms with Crippen LogP contribution in [0.15, 0.2) is 30.3 Å². The van der Waals surface area contributed by atoms with Crippen LogP contribution in [0.5, 0.6) is 0 Å². The standard InChI is InChI=1S/C11H14N2/c1-13-7-6-10(8-13)9-2-4-11(12)5-3-9/h2-6H,7-8,12H2,1H3. The van der Waals surface area contributed by atoms with Gasteiger partial charge >= 0.3 is 0 Å². The van der Waals surface area contributed by atoms with Crippen molar-refractivity contribution in [1.29, 1.82) is 0 Å². The third-order valence-electron chi connectivity index (χ3n) is 2.37. The molecule has 0 saturated carbocycles. The van der Waals surface area contributed by atoms with Crippen molar-refractivity contribution < 1.29 is 0 Å². The van der Waals surface area contributed by atoms with Crippen molar-refractivity contribution in [1.82, 2.24) is 4.90 Å². The molecule has 1 aliphatic heterocycles. The minimum Gasteiger partial charge on any atom is -0.399 e. The molecule has 0 spiro atoms. The van der Waals surface area contributed by atoms with Crippen molar-refractivity contribution in [3.05, 3.63) is 35.9 Å². The number of nitrogens with two attached hydrogens (primary N) is 1. The number of hydrogen-bond acceptors (Lipinski definition) is 2. The zero-order valence-electron chi connectivity index (χ0n) is 7.83. The Morgan fingerprint density at radius 2 is 1.92 bits per heavy atom. The Hall–Kier alpha value is -1.28. The summed E-state index contributed by atoms with van der Waals surface area (Å²) in [5.74, 6) is 0. The van der Waals surface area contributed by atoms with Crippen LogP contribution in [0, 0.1) is 0 Å². The predicted octanol–water partition coefficient (Wildman–Crippen LogP) is 1.60. The molecule has 0 aromatic heterocycles. The highest BCUT2D eigenvalue weighted by molar-refractivity contribution is 5.69. The van der Waals surface area contributed by atoms with E-state index in [4.69, 9.17) is 5.73 Å². The van der Waals surface area contributed by atoms with Crippen molar-refractivity contribution in [2.45, 2.75) is 0 Å². The van der Waals surface area contributed by atoms with Gasteiger partial charge in [0.05, 0.1) is 0 Å². The molecule has 1 aromatic carbocycles. The van der Waals surface area contributed by atoms with Gasteiger partial charge in [-0.1, -0.05) is 18.2 Å². The molecule has 0 saturated heterocycles. The molecule has 0 atom stereocenters. The quantitative estimate of drug-likeness (QED) is 0.655. The van der Waals surface area contributed by atoms with Crippen molar-refractivity contribution in [2.75, 3.05) is 25.9 Å². The maximum Gasteiger partial charge on any atom is 0.0314 e. The summed E-state index contributed by atoms with van der Waals surface area (Å²) in [5, 5.41) is 0. The molecular formula is C11H14N2. The molecule has 0 radical (unpaired) electrons. The monoisotopic (exact) mass is 174 g/mol. The van der Waals surface area contributed by atoms with Gasteiger partial charge in [-0.3, -0.25) is 4.90 Å². The lowest BCUT2D eigenvalue weighted by Gasteiger charge is -2.07. The van der Waals surface area contributed by atoms with Gasteiger partial charge < -0.3 is 5.73 Å². The van der Waals surface area contributed by atoms with E-state index in [1.807, 2.05) is 12.1 Å². The lowest BCUT2D eigenvalue weighted by atomic mass is 10.1. The zero-order chi connectivity index (χ0) is 9.26. The summed E-state index contributed by atoms with van der Waals surface area (Å²) in [6.07, 6.45) is 2.27. The summed E-state index contributed by atoms with van der Waals surface area (Å²) >= 11 is 0. The normalized spacial score (nSPS) is 17.5. The Morgan fingerprint density at radius 3 is 2.46 bits per heavy atom. The van der Waals surface area contributed by atoms with Crippen LogP contribution in [0.2, 0.25) is 0 Å². The summed E-state index contributed by atoms with van der Waals surface area (Å²) < 4.78 is 0. The van der Waals surface area contributed by atoms with Crippen molar-refractivity contribution >= 4 is 11.3 Å². The Kier molecular flexibility index (Phi) is 2.07. The second-order valence-corrected chi connectivity index (χ2v) is 3.55. The van der Waals surface area contributed by atoms with Crippen LogP contribution in [-0.2, 0) is 0 Å². The van der Waals surface area contributed by atoms with Crippen LogP contribution in [0.4, 0.5) is 5.69 Å². The van der Waals surface area contributed by atoms with Gasteiger partial charge in [-0.2, -0.15) is 0 Å². The van der Waals surface area contributed by atoms with E-state index in [-0.39, 0.29) is 0 Å². The minimum atomic E-state index is 0.829. The first kappa shape index (κ1) is 8.32. The van der Waals surface area contributed by atoms with Gasteiger partial charge in [0.25, 0.3) is 0 Å². The Bertz CT molecular complexity index is 324. The molecule has 2 N–H and O–H groups in total. The fourth-order valence-corrected chi connectivity index (χ4v) is 1.59. The van der Waals surface area contributed by atoms with Crippen molar-refractivity contribution in [3.63, 3.8) is 0 Å². The van der Waals surface area contributed by atoms with E-state index < -0.39 is 0 Å². The smallest absolute Gasteiger partial charge is 0.0314 e. The highest BCUT2D eigenvalue weighted by Crippen LogP contribution is 2.20. The van der Waals surface area contributed by atoms with E-state index in [2.05, 4.69) is 30.2 Å². The first-order chi connectivity index (χ1) is 6.25. The van der Waals surface area contributed by atoms with Gasteiger partial charge in [0.1, 0.15) is 0 Å². The first-order valence-electron chi connectivity index (χ1n) is 4.49. The van der Waals surface area contributed by atoms with E-state index in [9.17, 15) is 0 Å². The third kappa shape index (κ3) is 1.73. The number of hydrogen-bond donors (Lipinski definition) is 1. The summed E-state index contributed by atoms with van der Waals surface area (Å²) in [5.41, 5.74) is 9.15. The number of likely N-dealkylation sites (N-methyl/N-ethyl adjacent to an activating group) is 1. The molecule has 13 heavy (non-hydrogen) atoms. The lowest BCUT2D eigenvalue weighted by Crippen LogP contribution is -2.13. The van der Waals surface area contributed by atoms with E-state index >= 15 is 0 Å². The van der Waals surface area contributed by atoms with Crippen molar-refractivity contribution in [2.24, 2.45) is 0 Å². The Balaban J connectivity index is 2.22. The van der Waals surface area contributed by atoms with Gasteiger partial charge in [-0.05, 0) is 30.3 Å². The number of benzene rings is 1. The lowest BCUT2D eigenvalue weighted by molar-refractivity contribution is 0.438. The second kappa shape index (κ2) is 3.23. The van der Waals surface area contributed by atoms with E-state index in [1.165, 1.54) is 11.1 Å². The van der Waals surface area contributed by atoms with E-state index in [1.54, 1.807) is 0 Å². The van der Waals surface area contributed by atoms with Crippen LogP contribution >= 0.6 is 0 Å². The molecule has 0 aliphatic carbocycles. The molecule has 0 bridgehead atoms. The summed E-state index contributed by atoms with van der Waals surface area (Å²) in [6.45, 7) is 2.10. The number of rotatable bonds is 1. The van der Waals surface area contributed by atoms with Crippen LogP contribution < -0.4 is 5.73 Å². The van der Waals surface area contributed by atoms with Crippen molar-refractivity contribution in [3.8, 4) is 0 Å². The molecule has 0 amide bonds. The second-order valence-electron chi connectivity index (χ2n) is 3.55. The SMILES string of the molecule is CN1CC=C(c2ccc(N)cc2)C1. The topological polar surface area (TPSA) is 29.3 Å². The highest BCUT2D eigenvalue weighted by atomic mass is 15.1. The maximum absolute atomic E-state index is 5.62. The number of anilines is 1. The molecule has 0 fully saturated rings. The molecule has 2 heteroatoms. The highest BCUT2D eigenvalue weighted by Gasteiger charge is 2.10. The Morgan fingerprint density at radius 1 is 1.23 bits per heavy atom. The summed E-state index contributed by atoms with van der Waals surface area (Å²) in [7, 11) is 2.13. The van der Waals surface area contributed by atoms with Crippen LogP contribution in [-0.4, -0.2) is 25.0 Å². The van der Waals surface area contributed by atoms with Gasteiger partial charge in [0.15, 0.2) is 0 Å².